The molecule has 4 atom stereocenters. The van der Waals surface area contributed by atoms with Crippen LogP contribution < -0.4 is 27.8 Å². The van der Waals surface area contributed by atoms with Gasteiger partial charge in [0.15, 0.2) is 5.96 Å². The number of rotatable bonds is 13. The molecule has 0 bridgehead atoms. The lowest BCUT2D eigenvalue weighted by Crippen LogP contribution is -2.55. The van der Waals surface area contributed by atoms with Crippen LogP contribution in [0.25, 0.3) is 0 Å². The molecule has 9 N–H and O–H groups in total. The van der Waals surface area contributed by atoms with Crippen molar-refractivity contribution in [1.82, 2.24) is 10.6 Å². The monoisotopic (exact) mass is 434 g/mol. The van der Waals surface area contributed by atoms with Gasteiger partial charge in [0.25, 0.3) is 0 Å². The summed E-state index contributed by atoms with van der Waals surface area (Å²) in [7, 11) is 0. The SMILES string of the molecule is CCC(C)C(N)C(=O)NC(CCCN=C(N)N)C(=O)NC(Cc1ccccc1)C(=O)O. The molecule has 0 aliphatic rings. The highest BCUT2D eigenvalue weighted by atomic mass is 16.4. The van der Waals surface area contributed by atoms with Crippen molar-refractivity contribution >= 4 is 23.7 Å². The molecule has 0 aliphatic carbocycles. The summed E-state index contributed by atoms with van der Waals surface area (Å²) in [6.45, 7) is 4.03. The molecule has 10 nitrogen and oxygen atoms in total. The number of hydrogen-bond donors (Lipinski definition) is 6. The number of aliphatic carboxylic acids is 1. The maximum Gasteiger partial charge on any atom is 0.326 e. The average molecular weight is 435 g/mol. The Morgan fingerprint density at radius 1 is 1.06 bits per heavy atom. The van der Waals surface area contributed by atoms with Gasteiger partial charge in [-0.3, -0.25) is 14.6 Å². The molecule has 1 aromatic carbocycles. The van der Waals surface area contributed by atoms with E-state index in [1.54, 1.807) is 24.3 Å². The summed E-state index contributed by atoms with van der Waals surface area (Å²) in [5.74, 6) is -2.38. The number of amides is 2. The highest BCUT2D eigenvalue weighted by Gasteiger charge is 2.29. The van der Waals surface area contributed by atoms with Gasteiger partial charge >= 0.3 is 5.97 Å². The lowest BCUT2D eigenvalue weighted by Gasteiger charge is -2.24. The lowest BCUT2D eigenvalue weighted by atomic mass is 9.98. The molecule has 4 unspecified atom stereocenters. The van der Waals surface area contributed by atoms with E-state index in [0.29, 0.717) is 12.8 Å². The Morgan fingerprint density at radius 3 is 2.23 bits per heavy atom. The fraction of sp³-hybridized carbons (Fsp3) is 0.524. The first-order chi connectivity index (χ1) is 14.6. The van der Waals surface area contributed by atoms with Gasteiger partial charge in [-0.05, 0) is 24.3 Å². The first-order valence-corrected chi connectivity index (χ1v) is 10.3. The molecule has 0 saturated heterocycles. The molecule has 0 aromatic heterocycles. The minimum Gasteiger partial charge on any atom is -0.480 e. The number of carbonyl (C=O) groups is 3. The van der Waals surface area contributed by atoms with Crippen molar-refractivity contribution in [1.29, 1.82) is 0 Å². The largest absolute Gasteiger partial charge is 0.480 e. The Bertz CT molecular complexity index is 751. The van der Waals surface area contributed by atoms with Crippen LogP contribution in [-0.4, -0.2) is 53.5 Å². The normalized spacial score (nSPS) is 14.5. The van der Waals surface area contributed by atoms with Crippen molar-refractivity contribution < 1.29 is 19.5 Å². The standard InChI is InChI=1S/C21H34N6O4/c1-3-13(2)17(22)19(29)26-15(10-7-11-25-21(23)24)18(28)27-16(20(30)31)12-14-8-5-4-6-9-14/h4-6,8-9,13,15-17H,3,7,10-12,22H2,1-2H3,(H,26,29)(H,27,28)(H,30,31)(H4,23,24,25). The van der Waals surface area contributed by atoms with E-state index in [9.17, 15) is 19.5 Å². The van der Waals surface area contributed by atoms with Crippen LogP contribution in [0.15, 0.2) is 35.3 Å². The van der Waals surface area contributed by atoms with E-state index in [-0.39, 0.29) is 31.3 Å². The summed E-state index contributed by atoms with van der Waals surface area (Å²) in [5.41, 5.74) is 17.4. The zero-order chi connectivity index (χ0) is 23.4. The van der Waals surface area contributed by atoms with Crippen molar-refractivity contribution in [3.8, 4) is 0 Å². The number of carbonyl (C=O) groups excluding carboxylic acids is 2. The fourth-order valence-electron chi connectivity index (χ4n) is 2.87. The van der Waals surface area contributed by atoms with Crippen molar-refractivity contribution in [2.45, 2.75) is 57.7 Å². The third-order valence-electron chi connectivity index (χ3n) is 5.04. The Hall–Kier alpha value is -3.14. The first-order valence-electron chi connectivity index (χ1n) is 10.3. The maximum atomic E-state index is 12.9. The highest BCUT2D eigenvalue weighted by Crippen LogP contribution is 2.08. The van der Waals surface area contributed by atoms with Crippen LogP contribution in [-0.2, 0) is 20.8 Å². The van der Waals surface area contributed by atoms with E-state index < -0.39 is 35.9 Å². The molecular weight excluding hydrogens is 400 g/mol. The second-order valence-electron chi connectivity index (χ2n) is 7.51. The molecule has 0 spiro atoms. The minimum atomic E-state index is -1.17. The van der Waals surface area contributed by atoms with E-state index in [4.69, 9.17) is 17.2 Å². The first kappa shape index (κ1) is 25.9. The molecule has 0 aliphatic heterocycles. The van der Waals surface area contributed by atoms with Crippen molar-refractivity contribution in [3.63, 3.8) is 0 Å². The molecule has 1 rings (SSSR count). The molecule has 172 valence electrons. The number of carboxylic acids is 1. The van der Waals surface area contributed by atoms with Crippen LogP contribution in [0.2, 0.25) is 0 Å². The van der Waals surface area contributed by atoms with Gasteiger partial charge < -0.3 is 32.9 Å². The molecule has 31 heavy (non-hydrogen) atoms. The Labute approximate surface area is 182 Å². The van der Waals surface area contributed by atoms with Gasteiger partial charge in [0.05, 0.1) is 6.04 Å². The van der Waals surface area contributed by atoms with E-state index in [0.717, 1.165) is 5.56 Å². The van der Waals surface area contributed by atoms with Crippen LogP contribution in [0.3, 0.4) is 0 Å². The van der Waals surface area contributed by atoms with Gasteiger partial charge in [-0.1, -0.05) is 50.6 Å². The van der Waals surface area contributed by atoms with Crippen LogP contribution in [0.5, 0.6) is 0 Å². The average Bonchev–Trinajstić information content (AvgIpc) is 2.74. The quantitative estimate of drug-likeness (QED) is 0.140. The van der Waals surface area contributed by atoms with Gasteiger partial charge in [-0.15, -0.1) is 0 Å². The molecule has 0 fully saturated rings. The van der Waals surface area contributed by atoms with E-state index in [2.05, 4.69) is 15.6 Å². The van der Waals surface area contributed by atoms with Crippen molar-refractivity contribution in [3.05, 3.63) is 35.9 Å². The zero-order valence-corrected chi connectivity index (χ0v) is 18.1. The molecular formula is C21H34N6O4. The van der Waals surface area contributed by atoms with Gasteiger partial charge in [0, 0.05) is 13.0 Å². The summed E-state index contributed by atoms with van der Waals surface area (Å²) in [6.07, 6.45) is 1.45. The fourth-order valence-corrected chi connectivity index (χ4v) is 2.87. The second-order valence-corrected chi connectivity index (χ2v) is 7.51. The van der Waals surface area contributed by atoms with Crippen LogP contribution in [0.4, 0.5) is 0 Å². The van der Waals surface area contributed by atoms with Gasteiger partial charge in [-0.25, -0.2) is 4.79 Å². The van der Waals surface area contributed by atoms with E-state index in [1.165, 1.54) is 0 Å². The zero-order valence-electron chi connectivity index (χ0n) is 18.1. The lowest BCUT2D eigenvalue weighted by molar-refractivity contribution is -0.142. The number of nitrogens with one attached hydrogen (secondary N) is 2. The topological polar surface area (TPSA) is 186 Å². The molecule has 0 saturated carbocycles. The van der Waals surface area contributed by atoms with Gasteiger partial charge in [0.1, 0.15) is 12.1 Å². The smallest absolute Gasteiger partial charge is 0.326 e. The molecule has 10 heteroatoms. The van der Waals surface area contributed by atoms with Crippen LogP contribution in [0, 0.1) is 5.92 Å². The number of carboxylic acid groups (broad SMARTS) is 1. The van der Waals surface area contributed by atoms with E-state index >= 15 is 0 Å². The van der Waals surface area contributed by atoms with Gasteiger partial charge in [-0.2, -0.15) is 0 Å². The Balaban J connectivity index is 2.89. The Kier molecular flexibility index (Phi) is 11.0. The van der Waals surface area contributed by atoms with Crippen molar-refractivity contribution in [2.75, 3.05) is 6.54 Å². The molecule has 1 aromatic rings. The Morgan fingerprint density at radius 2 is 1.68 bits per heavy atom. The van der Waals surface area contributed by atoms with Crippen LogP contribution >= 0.6 is 0 Å². The third kappa shape index (κ3) is 9.47. The second kappa shape index (κ2) is 13.2. The number of nitrogens with two attached hydrogens (primary N) is 3. The molecule has 0 heterocycles. The number of aliphatic imine (C=N–C) groups is 1. The predicted molar refractivity (Wildman–Crippen MR) is 119 cm³/mol. The molecule has 2 amide bonds. The summed E-state index contributed by atoms with van der Waals surface area (Å²) in [6, 6.07) is 6.07. The molecule has 0 radical (unpaired) electrons. The number of guanidine groups is 1. The highest BCUT2D eigenvalue weighted by molar-refractivity contribution is 5.91. The number of benzene rings is 1. The summed E-state index contributed by atoms with van der Waals surface area (Å²) in [5, 5.41) is 14.7. The summed E-state index contributed by atoms with van der Waals surface area (Å²) in [4.78, 5) is 40.9. The van der Waals surface area contributed by atoms with E-state index in [1.807, 2.05) is 19.9 Å². The third-order valence-corrected chi connectivity index (χ3v) is 5.04. The van der Waals surface area contributed by atoms with Crippen LogP contribution in [0.1, 0.15) is 38.7 Å². The number of nitrogens with zero attached hydrogens (tertiary/aromatic N) is 1. The minimum absolute atomic E-state index is 0.0716. The number of hydrogen-bond acceptors (Lipinski definition) is 5. The van der Waals surface area contributed by atoms with Crippen molar-refractivity contribution in [2.24, 2.45) is 28.1 Å². The summed E-state index contributed by atoms with van der Waals surface area (Å²) < 4.78 is 0. The van der Waals surface area contributed by atoms with Gasteiger partial charge in [0.2, 0.25) is 11.8 Å². The predicted octanol–water partition coefficient (Wildman–Crippen LogP) is -0.290. The maximum absolute atomic E-state index is 12.9. The summed E-state index contributed by atoms with van der Waals surface area (Å²) >= 11 is 0.